The Balaban J connectivity index is 1.97. The minimum absolute atomic E-state index is 0.424. The Morgan fingerprint density at radius 1 is 0.833 bits per heavy atom. The molecule has 4 unspecified atom stereocenters. The van der Waals surface area contributed by atoms with E-state index in [1.807, 2.05) is 0 Å². The first-order valence-corrected chi connectivity index (χ1v) is 5.33. The highest BCUT2D eigenvalue weighted by atomic mass is 19.4. The lowest BCUT2D eigenvalue weighted by molar-refractivity contribution is -0.448. The number of fused-ring (bicyclic) bond motifs is 5. The monoisotopic (exact) mass is 274 g/mol. The van der Waals surface area contributed by atoms with Crippen LogP contribution in [0.2, 0.25) is 0 Å². The van der Waals surface area contributed by atoms with Crippen LogP contribution in [0.4, 0.5) is 26.3 Å². The van der Waals surface area contributed by atoms with Gasteiger partial charge in [-0.2, -0.15) is 26.3 Å². The zero-order valence-electron chi connectivity index (χ0n) is 8.76. The normalized spacial score (nSPS) is 41.4. The van der Waals surface area contributed by atoms with Gasteiger partial charge in [0.1, 0.15) is 0 Å². The summed E-state index contributed by atoms with van der Waals surface area (Å²) in [5.41, 5.74) is 0. The summed E-state index contributed by atoms with van der Waals surface area (Å²) < 4.78 is 84.8. The molecule has 1 heterocycles. The van der Waals surface area contributed by atoms with Crippen LogP contribution < -0.4 is 0 Å². The highest BCUT2D eigenvalue weighted by Crippen LogP contribution is 2.58. The van der Waals surface area contributed by atoms with Gasteiger partial charge in [0, 0.05) is 11.8 Å². The molecule has 0 aromatic carbocycles. The predicted molar refractivity (Wildman–Crippen MR) is 45.3 cm³/mol. The molecule has 0 radical (unpaired) electrons. The predicted octanol–water partition coefficient (Wildman–Crippen LogP) is 2.80. The molecule has 0 amide bonds. The van der Waals surface area contributed by atoms with Crippen LogP contribution in [0.1, 0.15) is 6.42 Å². The van der Waals surface area contributed by atoms with Gasteiger partial charge in [-0.15, -0.1) is 0 Å². The summed E-state index contributed by atoms with van der Waals surface area (Å²) in [6.45, 7) is 0. The van der Waals surface area contributed by atoms with Crippen molar-refractivity contribution in [3.05, 3.63) is 12.2 Å². The van der Waals surface area contributed by atoms with Crippen LogP contribution in [0.15, 0.2) is 12.2 Å². The van der Waals surface area contributed by atoms with Crippen molar-refractivity contribution in [2.45, 2.75) is 36.8 Å². The zero-order chi connectivity index (χ0) is 13.3. The van der Waals surface area contributed by atoms with Gasteiger partial charge >= 0.3 is 18.1 Å². The van der Waals surface area contributed by atoms with E-state index < -0.39 is 42.2 Å². The van der Waals surface area contributed by atoms with Crippen LogP contribution in [0.5, 0.6) is 0 Å². The number of hydrogen-bond donors (Lipinski definition) is 0. The molecule has 1 aliphatic heterocycles. The van der Waals surface area contributed by atoms with Crippen molar-refractivity contribution in [3.8, 4) is 0 Å². The standard InChI is InChI=1S/C10H8F6O2/c11-9(12,13)8(10(14,15)16)17-6-4-1-2-5(3-4)7(6)18-8/h1-2,4-7H,3H2. The molecule has 3 aliphatic rings. The Morgan fingerprint density at radius 2 is 1.22 bits per heavy atom. The van der Waals surface area contributed by atoms with Gasteiger partial charge in [-0.05, 0) is 6.42 Å². The number of rotatable bonds is 0. The third-order valence-corrected chi connectivity index (χ3v) is 3.67. The fourth-order valence-electron chi connectivity index (χ4n) is 2.88. The molecule has 8 heteroatoms. The summed E-state index contributed by atoms with van der Waals surface area (Å²) in [6.07, 6.45) is -9.94. The van der Waals surface area contributed by atoms with Gasteiger partial charge in [0.2, 0.25) is 0 Å². The first-order chi connectivity index (χ1) is 8.16. The summed E-state index contributed by atoms with van der Waals surface area (Å²) in [5, 5.41) is 0. The Morgan fingerprint density at radius 3 is 1.56 bits per heavy atom. The summed E-state index contributed by atoms with van der Waals surface area (Å²) in [4.78, 5) is 0. The maximum absolute atomic E-state index is 12.7. The van der Waals surface area contributed by atoms with Crippen LogP contribution in [-0.2, 0) is 9.47 Å². The van der Waals surface area contributed by atoms with Gasteiger partial charge < -0.3 is 9.47 Å². The minimum atomic E-state index is -5.64. The Labute approximate surface area is 97.5 Å². The Bertz CT molecular complexity index is 362. The summed E-state index contributed by atoms with van der Waals surface area (Å²) in [7, 11) is 0. The smallest absolute Gasteiger partial charge is 0.329 e. The molecule has 1 saturated carbocycles. The molecule has 102 valence electrons. The van der Waals surface area contributed by atoms with E-state index in [1.54, 1.807) is 12.2 Å². The highest BCUT2D eigenvalue weighted by molar-refractivity contribution is 5.19. The van der Waals surface area contributed by atoms with E-state index in [4.69, 9.17) is 0 Å². The Kier molecular flexibility index (Phi) is 2.20. The van der Waals surface area contributed by atoms with E-state index in [1.165, 1.54) is 0 Å². The first-order valence-electron chi connectivity index (χ1n) is 5.33. The quantitative estimate of drug-likeness (QED) is 0.499. The molecule has 2 aliphatic carbocycles. The number of hydrogen-bond acceptors (Lipinski definition) is 2. The average molecular weight is 274 g/mol. The van der Waals surface area contributed by atoms with Crippen molar-refractivity contribution < 1.29 is 35.8 Å². The molecule has 0 spiro atoms. The maximum atomic E-state index is 12.7. The summed E-state index contributed by atoms with van der Waals surface area (Å²) >= 11 is 0. The van der Waals surface area contributed by atoms with E-state index in [9.17, 15) is 26.3 Å². The number of alkyl halides is 6. The largest absolute Gasteiger partial charge is 0.453 e. The fourth-order valence-corrected chi connectivity index (χ4v) is 2.88. The lowest BCUT2D eigenvalue weighted by Crippen LogP contribution is -2.58. The van der Waals surface area contributed by atoms with Gasteiger partial charge in [-0.1, -0.05) is 12.2 Å². The maximum Gasteiger partial charge on any atom is 0.453 e. The molecule has 3 rings (SSSR count). The van der Waals surface area contributed by atoms with Crippen molar-refractivity contribution in [1.29, 1.82) is 0 Å². The van der Waals surface area contributed by atoms with Gasteiger partial charge in [-0.3, -0.25) is 0 Å². The van der Waals surface area contributed by atoms with Crippen molar-refractivity contribution in [2.24, 2.45) is 11.8 Å². The second kappa shape index (κ2) is 3.22. The van der Waals surface area contributed by atoms with Crippen molar-refractivity contribution >= 4 is 0 Å². The molecule has 0 N–H and O–H groups in total. The topological polar surface area (TPSA) is 18.5 Å². The molecule has 1 saturated heterocycles. The van der Waals surface area contributed by atoms with Crippen LogP contribution in [0, 0.1) is 11.8 Å². The summed E-state index contributed by atoms with van der Waals surface area (Å²) in [6, 6.07) is 0. The van der Waals surface area contributed by atoms with E-state index in [0.717, 1.165) is 0 Å². The van der Waals surface area contributed by atoms with Gasteiger partial charge in [-0.25, -0.2) is 0 Å². The van der Waals surface area contributed by atoms with E-state index in [2.05, 4.69) is 9.47 Å². The zero-order valence-corrected chi connectivity index (χ0v) is 8.76. The third-order valence-electron chi connectivity index (χ3n) is 3.67. The second-order valence-electron chi connectivity index (χ2n) is 4.73. The Hall–Kier alpha value is -0.760. The van der Waals surface area contributed by atoms with Crippen LogP contribution >= 0.6 is 0 Å². The second-order valence-corrected chi connectivity index (χ2v) is 4.73. The van der Waals surface area contributed by atoms with Gasteiger partial charge in [0.25, 0.3) is 0 Å². The lowest BCUT2D eigenvalue weighted by atomic mass is 10.0. The molecule has 2 bridgehead atoms. The van der Waals surface area contributed by atoms with Crippen molar-refractivity contribution in [3.63, 3.8) is 0 Å². The van der Waals surface area contributed by atoms with E-state index in [0.29, 0.717) is 6.42 Å². The van der Waals surface area contributed by atoms with E-state index in [-0.39, 0.29) is 0 Å². The molecular weight excluding hydrogens is 266 g/mol. The van der Waals surface area contributed by atoms with Crippen LogP contribution in [0.3, 0.4) is 0 Å². The molecule has 2 nitrogen and oxygen atoms in total. The fraction of sp³-hybridized carbons (Fsp3) is 0.800. The van der Waals surface area contributed by atoms with E-state index >= 15 is 0 Å². The molecular formula is C10H8F6O2. The van der Waals surface area contributed by atoms with Crippen molar-refractivity contribution in [2.75, 3.05) is 0 Å². The molecule has 4 atom stereocenters. The van der Waals surface area contributed by atoms with Crippen LogP contribution in [0.25, 0.3) is 0 Å². The van der Waals surface area contributed by atoms with Gasteiger partial charge in [0.15, 0.2) is 0 Å². The molecule has 18 heavy (non-hydrogen) atoms. The van der Waals surface area contributed by atoms with Crippen LogP contribution in [-0.4, -0.2) is 30.3 Å². The summed E-state index contributed by atoms with van der Waals surface area (Å²) in [5.74, 6) is -5.32. The SMILES string of the molecule is FC(F)(F)C1(C(F)(F)F)OC2C3C=CC(C3)C2O1. The number of halogens is 6. The van der Waals surface area contributed by atoms with Crippen molar-refractivity contribution in [1.82, 2.24) is 0 Å². The number of ether oxygens (including phenoxy) is 2. The third kappa shape index (κ3) is 1.33. The molecule has 2 fully saturated rings. The molecule has 0 aromatic rings. The first kappa shape index (κ1) is 12.3. The minimum Gasteiger partial charge on any atom is -0.329 e. The molecule has 0 aromatic heterocycles. The lowest BCUT2D eigenvalue weighted by Gasteiger charge is -2.32. The van der Waals surface area contributed by atoms with Gasteiger partial charge in [0.05, 0.1) is 12.2 Å². The average Bonchev–Trinajstić information content (AvgIpc) is 2.85. The highest BCUT2D eigenvalue weighted by Gasteiger charge is 2.80.